The lowest BCUT2D eigenvalue weighted by molar-refractivity contribution is -0.142. The largest absolute Gasteiger partial charge is 0.470 e. The number of aromatic nitrogens is 2. The Kier molecular flexibility index (Phi) is 5.26. The number of esters is 1. The second-order valence-electron chi connectivity index (χ2n) is 6.00. The Morgan fingerprint density at radius 3 is 2.66 bits per heavy atom. The van der Waals surface area contributed by atoms with Crippen LogP contribution in [-0.2, 0) is 25.7 Å². The van der Waals surface area contributed by atoms with Gasteiger partial charge in [-0.15, -0.1) is 0 Å². The highest BCUT2D eigenvalue weighted by Gasteiger charge is 2.32. The summed E-state index contributed by atoms with van der Waals surface area (Å²) in [4.78, 5) is 28.6. The van der Waals surface area contributed by atoms with Gasteiger partial charge in [-0.05, 0) is 36.4 Å². The Labute approximate surface area is 170 Å². The maximum atomic E-state index is 12.4. The molecule has 0 fully saturated rings. The molecule has 1 aromatic heterocycles. The molecule has 9 heteroatoms. The third-order valence-corrected chi connectivity index (χ3v) is 4.24. The van der Waals surface area contributed by atoms with Crippen LogP contribution in [0.5, 0.6) is 0 Å². The van der Waals surface area contributed by atoms with Gasteiger partial charge in [-0.3, -0.25) is 4.79 Å². The van der Waals surface area contributed by atoms with Crippen LogP contribution >= 0.6 is 11.6 Å². The minimum absolute atomic E-state index is 0.0542. The van der Waals surface area contributed by atoms with Crippen molar-refractivity contribution in [2.75, 3.05) is 11.9 Å². The first-order valence-corrected chi connectivity index (χ1v) is 8.96. The molecule has 0 saturated heterocycles. The van der Waals surface area contributed by atoms with Crippen molar-refractivity contribution in [1.29, 1.82) is 0 Å². The number of ether oxygens (including phenoxy) is 2. The summed E-state index contributed by atoms with van der Waals surface area (Å²) in [5, 5.41) is 7.33. The minimum atomic E-state index is -0.836. The number of para-hydroxylation sites is 1. The fourth-order valence-corrected chi connectivity index (χ4v) is 2.72. The van der Waals surface area contributed by atoms with Crippen molar-refractivity contribution in [3.63, 3.8) is 0 Å². The standard InChI is InChI=1S/C20H14ClN3O5/c21-13-8-6-12(7-9-13)18-23-16(29-24-18)11-28-20(26)17-15(25)10-27-19(17)22-14-4-2-1-3-5-14/h1-9,22H,10-11H2. The van der Waals surface area contributed by atoms with Gasteiger partial charge in [-0.1, -0.05) is 35.0 Å². The van der Waals surface area contributed by atoms with Gasteiger partial charge in [0.2, 0.25) is 17.5 Å². The van der Waals surface area contributed by atoms with Crippen LogP contribution in [0.3, 0.4) is 0 Å². The summed E-state index contributed by atoms with van der Waals surface area (Å²) in [5.41, 5.74) is 1.19. The Morgan fingerprint density at radius 1 is 1.14 bits per heavy atom. The van der Waals surface area contributed by atoms with E-state index in [-0.39, 0.29) is 30.6 Å². The molecule has 146 valence electrons. The maximum absolute atomic E-state index is 12.4. The molecule has 2 aromatic carbocycles. The Hall–Kier alpha value is -3.65. The van der Waals surface area contributed by atoms with E-state index in [4.69, 9.17) is 25.6 Å². The van der Waals surface area contributed by atoms with Crippen LogP contribution in [0.25, 0.3) is 11.4 Å². The van der Waals surface area contributed by atoms with Crippen LogP contribution in [0, 0.1) is 0 Å². The van der Waals surface area contributed by atoms with Gasteiger partial charge in [0.15, 0.2) is 18.8 Å². The second kappa shape index (κ2) is 8.15. The molecule has 0 radical (unpaired) electrons. The Morgan fingerprint density at radius 2 is 1.90 bits per heavy atom. The third kappa shape index (κ3) is 4.27. The van der Waals surface area contributed by atoms with Crippen LogP contribution in [0.4, 0.5) is 5.69 Å². The van der Waals surface area contributed by atoms with E-state index in [1.807, 2.05) is 18.2 Å². The average molecular weight is 412 g/mol. The topological polar surface area (TPSA) is 104 Å². The number of rotatable bonds is 6. The molecule has 2 heterocycles. The summed E-state index contributed by atoms with van der Waals surface area (Å²) in [5.74, 6) is -0.831. The van der Waals surface area contributed by atoms with E-state index < -0.39 is 11.8 Å². The molecule has 0 aliphatic carbocycles. The van der Waals surface area contributed by atoms with Crippen LogP contribution < -0.4 is 5.32 Å². The van der Waals surface area contributed by atoms with Crippen LogP contribution in [0.2, 0.25) is 5.02 Å². The first-order chi connectivity index (χ1) is 14.1. The number of carbonyl (C=O) groups excluding carboxylic acids is 2. The third-order valence-electron chi connectivity index (χ3n) is 3.99. The lowest BCUT2D eigenvalue weighted by Gasteiger charge is -2.08. The van der Waals surface area contributed by atoms with Crippen LogP contribution in [0.15, 0.2) is 70.6 Å². The lowest BCUT2D eigenvalue weighted by atomic mass is 10.2. The molecule has 0 spiro atoms. The van der Waals surface area contributed by atoms with Crippen LogP contribution in [0.1, 0.15) is 5.89 Å². The molecule has 8 nitrogen and oxygen atoms in total. The monoisotopic (exact) mass is 411 g/mol. The molecule has 0 bridgehead atoms. The fraction of sp³-hybridized carbons (Fsp3) is 0.100. The van der Waals surface area contributed by atoms with Gasteiger partial charge in [0, 0.05) is 16.3 Å². The number of nitrogens with zero attached hydrogens (tertiary/aromatic N) is 2. The van der Waals surface area contributed by atoms with Crippen molar-refractivity contribution in [3.8, 4) is 11.4 Å². The highest BCUT2D eigenvalue weighted by Crippen LogP contribution is 2.22. The zero-order valence-electron chi connectivity index (χ0n) is 14.9. The summed E-state index contributed by atoms with van der Waals surface area (Å²) < 4.78 is 15.5. The summed E-state index contributed by atoms with van der Waals surface area (Å²) in [6, 6.07) is 15.9. The molecule has 0 unspecified atom stereocenters. The minimum Gasteiger partial charge on any atom is -0.470 e. The maximum Gasteiger partial charge on any atom is 0.347 e. The van der Waals surface area contributed by atoms with Crippen molar-refractivity contribution >= 4 is 29.0 Å². The molecule has 0 saturated carbocycles. The van der Waals surface area contributed by atoms with Gasteiger partial charge in [0.25, 0.3) is 5.89 Å². The summed E-state index contributed by atoms with van der Waals surface area (Å²) in [6.45, 7) is -0.518. The molecule has 4 rings (SSSR count). The number of hydrogen-bond acceptors (Lipinski definition) is 8. The van der Waals surface area contributed by atoms with Crippen molar-refractivity contribution in [3.05, 3.63) is 77.0 Å². The second-order valence-corrected chi connectivity index (χ2v) is 6.44. The predicted molar refractivity (Wildman–Crippen MR) is 103 cm³/mol. The molecular formula is C20H14ClN3O5. The first kappa shape index (κ1) is 18.7. The lowest BCUT2D eigenvalue weighted by Crippen LogP contribution is -2.16. The molecule has 1 aliphatic heterocycles. The smallest absolute Gasteiger partial charge is 0.347 e. The van der Waals surface area contributed by atoms with E-state index >= 15 is 0 Å². The van der Waals surface area contributed by atoms with Gasteiger partial charge in [0.1, 0.15) is 0 Å². The van der Waals surface area contributed by atoms with Crippen LogP contribution in [-0.4, -0.2) is 28.5 Å². The average Bonchev–Trinajstić information content (AvgIpc) is 3.34. The first-order valence-electron chi connectivity index (χ1n) is 8.58. The number of hydrogen-bond donors (Lipinski definition) is 1. The summed E-state index contributed by atoms with van der Waals surface area (Å²) >= 11 is 5.86. The zero-order chi connectivity index (χ0) is 20.2. The Bertz CT molecular complexity index is 1080. The zero-order valence-corrected chi connectivity index (χ0v) is 15.7. The number of anilines is 1. The molecule has 1 N–H and O–H groups in total. The molecule has 3 aromatic rings. The van der Waals surface area contributed by atoms with Gasteiger partial charge in [0.05, 0.1) is 0 Å². The quantitative estimate of drug-likeness (QED) is 0.486. The SMILES string of the molecule is O=C1COC(Nc2ccccc2)=C1C(=O)OCc1nc(-c2ccc(Cl)cc2)no1. The van der Waals surface area contributed by atoms with E-state index in [0.29, 0.717) is 22.1 Å². The molecule has 0 atom stereocenters. The van der Waals surface area contributed by atoms with E-state index in [1.165, 1.54) is 0 Å². The van der Waals surface area contributed by atoms with Gasteiger partial charge < -0.3 is 19.3 Å². The predicted octanol–water partition coefficient (Wildman–Crippen LogP) is 3.36. The van der Waals surface area contributed by atoms with E-state index in [2.05, 4.69) is 15.5 Å². The number of nitrogens with one attached hydrogen (secondary N) is 1. The number of carbonyl (C=O) groups is 2. The number of Topliss-reactive ketones (excluding diaryl/α,β-unsaturated/α-hetero) is 1. The Balaban J connectivity index is 1.44. The molecule has 0 amide bonds. The van der Waals surface area contributed by atoms with E-state index in [1.54, 1.807) is 36.4 Å². The van der Waals surface area contributed by atoms with Gasteiger partial charge in [-0.25, -0.2) is 4.79 Å². The van der Waals surface area contributed by atoms with Crippen molar-refractivity contribution in [1.82, 2.24) is 10.1 Å². The highest BCUT2D eigenvalue weighted by molar-refractivity contribution is 6.30. The fourth-order valence-electron chi connectivity index (χ4n) is 2.60. The van der Waals surface area contributed by atoms with Crippen molar-refractivity contribution < 1.29 is 23.6 Å². The van der Waals surface area contributed by atoms with Crippen molar-refractivity contribution in [2.24, 2.45) is 0 Å². The van der Waals surface area contributed by atoms with Gasteiger partial charge in [-0.2, -0.15) is 4.98 Å². The normalized spacial score (nSPS) is 13.3. The molecule has 29 heavy (non-hydrogen) atoms. The van der Waals surface area contributed by atoms with E-state index in [9.17, 15) is 9.59 Å². The number of halogens is 1. The molecular weight excluding hydrogens is 398 g/mol. The van der Waals surface area contributed by atoms with Gasteiger partial charge >= 0.3 is 5.97 Å². The van der Waals surface area contributed by atoms with Crippen molar-refractivity contribution in [2.45, 2.75) is 6.61 Å². The summed E-state index contributed by atoms with van der Waals surface area (Å²) in [7, 11) is 0. The number of benzene rings is 2. The van der Waals surface area contributed by atoms with E-state index in [0.717, 1.165) is 0 Å². The number of ketones is 1. The molecule has 1 aliphatic rings. The highest BCUT2D eigenvalue weighted by atomic mass is 35.5. The summed E-state index contributed by atoms with van der Waals surface area (Å²) in [6.07, 6.45) is 0.